The molecule has 1 fully saturated rings. The summed E-state index contributed by atoms with van der Waals surface area (Å²) in [6, 6.07) is 8.41. The van der Waals surface area contributed by atoms with Gasteiger partial charge in [0.05, 0.1) is 27.0 Å². The van der Waals surface area contributed by atoms with Gasteiger partial charge in [-0.1, -0.05) is 17.7 Å². The summed E-state index contributed by atoms with van der Waals surface area (Å²) in [6.45, 7) is 1.85. The van der Waals surface area contributed by atoms with Crippen molar-refractivity contribution in [2.45, 2.75) is 6.92 Å². The molecule has 2 aromatic carbocycles. The summed E-state index contributed by atoms with van der Waals surface area (Å²) in [5, 5.41) is 2.99. The number of nitrogens with one attached hydrogen (secondary N) is 1. The van der Waals surface area contributed by atoms with E-state index in [0.29, 0.717) is 33.5 Å². The summed E-state index contributed by atoms with van der Waals surface area (Å²) in [4.78, 5) is 27.0. The highest BCUT2D eigenvalue weighted by atomic mass is 35.5. The monoisotopic (exact) mass is 446 g/mol. The van der Waals surface area contributed by atoms with Crippen LogP contribution in [0.1, 0.15) is 11.1 Å². The third-order valence-electron chi connectivity index (χ3n) is 4.55. The molecule has 9 heteroatoms. The Balaban J connectivity index is 2.10. The zero-order valence-corrected chi connectivity index (χ0v) is 18.3. The number of carbonyl (C=O) groups is 2. The highest BCUT2D eigenvalue weighted by Gasteiger charge is 2.35. The number of thiocarbonyl (C=S) groups is 1. The van der Waals surface area contributed by atoms with Crippen molar-refractivity contribution >= 4 is 52.5 Å². The van der Waals surface area contributed by atoms with E-state index in [4.69, 9.17) is 38.0 Å². The van der Waals surface area contributed by atoms with Crippen LogP contribution in [0.25, 0.3) is 6.08 Å². The average molecular weight is 447 g/mol. The Morgan fingerprint density at radius 3 is 2.33 bits per heavy atom. The lowest BCUT2D eigenvalue weighted by Crippen LogP contribution is -2.54. The lowest BCUT2D eigenvalue weighted by Gasteiger charge is -2.29. The molecule has 0 spiro atoms. The van der Waals surface area contributed by atoms with Crippen LogP contribution in [0.4, 0.5) is 5.69 Å². The first-order valence-corrected chi connectivity index (χ1v) is 9.57. The van der Waals surface area contributed by atoms with Crippen molar-refractivity contribution in [1.82, 2.24) is 5.32 Å². The van der Waals surface area contributed by atoms with E-state index in [1.165, 1.54) is 32.3 Å². The zero-order chi connectivity index (χ0) is 22.0. The number of carbonyl (C=O) groups excluding carboxylic acids is 2. The SMILES string of the molecule is COc1ccc(/C=C2\C(=O)NC(=S)N(c3ccc(C)c(Cl)c3)C2=O)c(OC)c1OC. The molecule has 0 radical (unpaired) electrons. The summed E-state index contributed by atoms with van der Waals surface area (Å²) in [5.74, 6) is -0.0800. The Bertz CT molecular complexity index is 1080. The highest BCUT2D eigenvalue weighted by Crippen LogP contribution is 2.41. The minimum atomic E-state index is -0.615. The second-order valence-corrected chi connectivity index (χ2v) is 7.11. The smallest absolute Gasteiger partial charge is 0.270 e. The Labute approximate surface area is 184 Å². The molecule has 0 atom stereocenters. The van der Waals surface area contributed by atoms with E-state index < -0.39 is 11.8 Å². The predicted octanol–water partition coefficient (Wildman–Crippen LogP) is 3.51. The van der Waals surface area contributed by atoms with Gasteiger partial charge in [-0.3, -0.25) is 19.8 Å². The topological polar surface area (TPSA) is 77.1 Å². The first-order valence-electron chi connectivity index (χ1n) is 8.79. The molecule has 1 heterocycles. The number of benzene rings is 2. The third-order valence-corrected chi connectivity index (χ3v) is 5.24. The van der Waals surface area contributed by atoms with Gasteiger partial charge in [-0.05, 0) is 55.0 Å². The Morgan fingerprint density at radius 2 is 1.73 bits per heavy atom. The van der Waals surface area contributed by atoms with Gasteiger partial charge in [0.25, 0.3) is 11.8 Å². The number of nitrogens with zero attached hydrogens (tertiary/aromatic N) is 1. The number of anilines is 1. The minimum absolute atomic E-state index is 0.0265. The van der Waals surface area contributed by atoms with Crippen LogP contribution < -0.4 is 24.4 Å². The van der Waals surface area contributed by atoms with E-state index in [9.17, 15) is 9.59 Å². The highest BCUT2D eigenvalue weighted by molar-refractivity contribution is 7.80. The van der Waals surface area contributed by atoms with Gasteiger partial charge >= 0.3 is 0 Å². The van der Waals surface area contributed by atoms with E-state index in [1.54, 1.807) is 30.3 Å². The van der Waals surface area contributed by atoms with E-state index in [-0.39, 0.29) is 10.7 Å². The van der Waals surface area contributed by atoms with Crippen molar-refractivity contribution in [1.29, 1.82) is 0 Å². The van der Waals surface area contributed by atoms with Gasteiger partial charge in [-0.25, -0.2) is 0 Å². The second kappa shape index (κ2) is 8.73. The van der Waals surface area contributed by atoms with Crippen LogP contribution in [-0.4, -0.2) is 38.3 Å². The maximum atomic E-state index is 13.2. The van der Waals surface area contributed by atoms with Crippen LogP contribution in [0.5, 0.6) is 17.2 Å². The standard InChI is InChI=1S/C21H19ClN2O5S/c1-11-5-7-13(10-15(11)22)24-20(26)14(19(25)23-21(24)30)9-12-6-8-16(27-2)18(29-4)17(12)28-3/h5-10H,1-4H3,(H,23,25,30)/b14-9+. The number of rotatable bonds is 5. The maximum Gasteiger partial charge on any atom is 0.270 e. The Kier molecular flexibility index (Phi) is 6.28. The van der Waals surface area contributed by atoms with E-state index >= 15 is 0 Å². The molecule has 2 amide bonds. The number of halogens is 1. The molecule has 7 nitrogen and oxygen atoms in total. The van der Waals surface area contributed by atoms with Gasteiger partial charge in [0, 0.05) is 10.6 Å². The molecule has 0 bridgehead atoms. The number of ether oxygens (including phenoxy) is 3. The molecule has 3 rings (SSSR count). The molecule has 156 valence electrons. The summed E-state index contributed by atoms with van der Waals surface area (Å²) in [6.07, 6.45) is 1.42. The van der Waals surface area contributed by atoms with Crippen molar-refractivity contribution < 1.29 is 23.8 Å². The molecule has 1 aliphatic heterocycles. The van der Waals surface area contributed by atoms with Gasteiger partial charge < -0.3 is 14.2 Å². The fourth-order valence-corrected chi connectivity index (χ4v) is 3.46. The lowest BCUT2D eigenvalue weighted by atomic mass is 10.0. The van der Waals surface area contributed by atoms with Crippen molar-refractivity contribution in [2.75, 3.05) is 26.2 Å². The molecule has 1 N–H and O–H groups in total. The largest absolute Gasteiger partial charge is 0.493 e. The summed E-state index contributed by atoms with van der Waals surface area (Å²) >= 11 is 11.4. The first kappa shape index (κ1) is 21.6. The normalized spacial score (nSPS) is 15.3. The summed E-state index contributed by atoms with van der Waals surface area (Å²) < 4.78 is 16.1. The summed E-state index contributed by atoms with van der Waals surface area (Å²) in [7, 11) is 4.42. The van der Waals surface area contributed by atoms with Crippen LogP contribution >= 0.6 is 23.8 Å². The van der Waals surface area contributed by atoms with Crippen LogP contribution in [0, 0.1) is 6.92 Å². The summed E-state index contributed by atoms with van der Waals surface area (Å²) in [5.41, 5.74) is 1.64. The maximum absolute atomic E-state index is 13.2. The Hall–Kier alpha value is -3.10. The molecule has 0 aromatic heterocycles. The fraction of sp³-hybridized carbons (Fsp3) is 0.190. The van der Waals surface area contributed by atoms with Gasteiger partial charge in [0.1, 0.15) is 5.57 Å². The average Bonchev–Trinajstić information content (AvgIpc) is 2.72. The molecule has 2 aromatic rings. The number of aryl methyl sites for hydroxylation is 1. The predicted molar refractivity (Wildman–Crippen MR) is 118 cm³/mol. The molecular weight excluding hydrogens is 428 g/mol. The van der Waals surface area contributed by atoms with E-state index in [1.807, 2.05) is 6.92 Å². The number of hydrogen-bond donors (Lipinski definition) is 1. The van der Waals surface area contributed by atoms with Crippen LogP contribution in [-0.2, 0) is 9.59 Å². The molecule has 1 saturated heterocycles. The molecule has 30 heavy (non-hydrogen) atoms. The fourth-order valence-electron chi connectivity index (χ4n) is 3.01. The number of amides is 2. The van der Waals surface area contributed by atoms with Crippen LogP contribution in [0.15, 0.2) is 35.9 Å². The van der Waals surface area contributed by atoms with Gasteiger partial charge in [-0.2, -0.15) is 0 Å². The first-order chi connectivity index (χ1) is 14.3. The van der Waals surface area contributed by atoms with Crippen molar-refractivity contribution in [3.05, 3.63) is 52.1 Å². The molecule has 0 unspecified atom stereocenters. The zero-order valence-electron chi connectivity index (χ0n) is 16.7. The van der Waals surface area contributed by atoms with Crippen LogP contribution in [0.2, 0.25) is 5.02 Å². The van der Waals surface area contributed by atoms with E-state index in [0.717, 1.165) is 5.56 Å². The molecule has 0 aliphatic carbocycles. The quantitative estimate of drug-likeness (QED) is 0.430. The molecule has 0 saturated carbocycles. The molecule has 1 aliphatic rings. The van der Waals surface area contributed by atoms with Crippen molar-refractivity contribution in [2.24, 2.45) is 0 Å². The molecular formula is C21H19ClN2O5S. The van der Waals surface area contributed by atoms with Crippen molar-refractivity contribution in [3.8, 4) is 17.2 Å². The number of hydrogen-bond acceptors (Lipinski definition) is 6. The second-order valence-electron chi connectivity index (χ2n) is 6.31. The van der Waals surface area contributed by atoms with Crippen LogP contribution in [0.3, 0.4) is 0 Å². The van der Waals surface area contributed by atoms with Gasteiger partial charge in [0.2, 0.25) is 5.75 Å². The number of methoxy groups -OCH3 is 3. The lowest BCUT2D eigenvalue weighted by molar-refractivity contribution is -0.122. The van der Waals surface area contributed by atoms with Gasteiger partial charge in [-0.15, -0.1) is 0 Å². The Morgan fingerprint density at radius 1 is 1.03 bits per heavy atom. The van der Waals surface area contributed by atoms with Crippen molar-refractivity contribution in [3.63, 3.8) is 0 Å². The minimum Gasteiger partial charge on any atom is -0.493 e. The third kappa shape index (κ3) is 3.83. The van der Waals surface area contributed by atoms with Gasteiger partial charge in [0.15, 0.2) is 16.6 Å². The van der Waals surface area contributed by atoms with E-state index in [2.05, 4.69) is 5.32 Å².